The largest absolute Gasteiger partial charge is 0.379 e. The first kappa shape index (κ1) is 21.7. The summed E-state index contributed by atoms with van der Waals surface area (Å²) < 4.78 is 21.2. The maximum Gasteiger partial charge on any atom is 0.223 e. The van der Waals surface area contributed by atoms with Crippen molar-refractivity contribution in [1.29, 1.82) is 0 Å². The standard InChI is InChI=1S/C23H28FN7O2/c24-19-4-2-1-3-18(19)22-27-26-20-5-6-21(28-31(20)22)30-10-7-17(8-11-30)23(32)25-9-12-29-13-15-33-16-14-29/h1-6,17H,7-16H2,(H,25,32). The van der Waals surface area contributed by atoms with Crippen molar-refractivity contribution in [2.24, 2.45) is 5.92 Å². The van der Waals surface area contributed by atoms with E-state index in [9.17, 15) is 9.18 Å². The van der Waals surface area contributed by atoms with Crippen LogP contribution in [-0.4, -0.2) is 83.1 Å². The first-order valence-electron chi connectivity index (χ1n) is 11.5. The lowest BCUT2D eigenvalue weighted by Crippen LogP contribution is -2.44. The summed E-state index contributed by atoms with van der Waals surface area (Å²) in [4.78, 5) is 17.1. The highest BCUT2D eigenvalue weighted by molar-refractivity contribution is 5.79. The third-order valence-corrected chi connectivity index (χ3v) is 6.38. The number of amides is 1. The molecule has 33 heavy (non-hydrogen) atoms. The molecule has 1 N–H and O–H groups in total. The lowest BCUT2D eigenvalue weighted by atomic mass is 9.96. The molecule has 9 nitrogen and oxygen atoms in total. The van der Waals surface area contributed by atoms with Crippen LogP contribution in [0.4, 0.5) is 10.2 Å². The fourth-order valence-corrected chi connectivity index (χ4v) is 4.44. The number of rotatable bonds is 6. The lowest BCUT2D eigenvalue weighted by Gasteiger charge is -2.32. The minimum atomic E-state index is -0.362. The Morgan fingerprint density at radius 3 is 2.64 bits per heavy atom. The van der Waals surface area contributed by atoms with Crippen molar-refractivity contribution in [3.05, 3.63) is 42.2 Å². The van der Waals surface area contributed by atoms with Gasteiger partial charge in [-0.05, 0) is 37.1 Å². The van der Waals surface area contributed by atoms with Gasteiger partial charge >= 0.3 is 0 Å². The number of halogens is 1. The van der Waals surface area contributed by atoms with Gasteiger partial charge in [0.2, 0.25) is 5.91 Å². The third-order valence-electron chi connectivity index (χ3n) is 6.38. The second kappa shape index (κ2) is 9.80. The number of piperidine rings is 1. The van der Waals surface area contributed by atoms with Crippen LogP contribution in [0, 0.1) is 11.7 Å². The van der Waals surface area contributed by atoms with Crippen LogP contribution >= 0.6 is 0 Å². The second-order valence-electron chi connectivity index (χ2n) is 8.47. The predicted molar refractivity (Wildman–Crippen MR) is 121 cm³/mol. The molecule has 0 unspecified atom stereocenters. The van der Waals surface area contributed by atoms with Gasteiger partial charge < -0.3 is 15.0 Å². The molecule has 0 spiro atoms. The van der Waals surface area contributed by atoms with Crippen LogP contribution in [0.25, 0.3) is 17.0 Å². The molecule has 0 saturated carbocycles. The molecule has 4 heterocycles. The van der Waals surface area contributed by atoms with Crippen LogP contribution in [0.5, 0.6) is 0 Å². The first-order valence-corrected chi connectivity index (χ1v) is 11.5. The summed E-state index contributed by atoms with van der Waals surface area (Å²) in [7, 11) is 0. The van der Waals surface area contributed by atoms with E-state index in [2.05, 4.69) is 30.4 Å². The molecule has 0 radical (unpaired) electrons. The molecule has 174 valence electrons. The topological polar surface area (TPSA) is 87.9 Å². The van der Waals surface area contributed by atoms with Gasteiger partial charge in [-0.25, -0.2) is 4.39 Å². The van der Waals surface area contributed by atoms with Crippen LogP contribution in [0.2, 0.25) is 0 Å². The minimum absolute atomic E-state index is 0.0126. The molecule has 0 bridgehead atoms. The number of ether oxygens (including phenoxy) is 1. The third kappa shape index (κ3) is 4.81. The fourth-order valence-electron chi connectivity index (χ4n) is 4.44. The van der Waals surface area contributed by atoms with Gasteiger partial charge in [0.15, 0.2) is 11.5 Å². The van der Waals surface area contributed by atoms with E-state index in [0.717, 1.165) is 64.6 Å². The van der Waals surface area contributed by atoms with Crippen molar-refractivity contribution in [2.45, 2.75) is 12.8 Å². The normalized spacial score (nSPS) is 18.0. The van der Waals surface area contributed by atoms with Crippen molar-refractivity contribution < 1.29 is 13.9 Å². The van der Waals surface area contributed by atoms with E-state index < -0.39 is 0 Å². The summed E-state index contributed by atoms with van der Waals surface area (Å²) >= 11 is 0. The van der Waals surface area contributed by atoms with E-state index in [1.165, 1.54) is 6.07 Å². The molecule has 3 aromatic rings. The van der Waals surface area contributed by atoms with Crippen molar-refractivity contribution in [2.75, 3.05) is 57.4 Å². The zero-order chi connectivity index (χ0) is 22.6. The number of morpholine rings is 1. The van der Waals surface area contributed by atoms with Crippen molar-refractivity contribution in [3.63, 3.8) is 0 Å². The van der Waals surface area contributed by atoms with E-state index in [4.69, 9.17) is 4.74 Å². The summed E-state index contributed by atoms with van der Waals surface area (Å²) in [6.07, 6.45) is 1.54. The number of nitrogens with one attached hydrogen (secondary N) is 1. The number of nitrogens with zero attached hydrogens (tertiary/aromatic N) is 6. The van der Waals surface area contributed by atoms with Crippen molar-refractivity contribution >= 4 is 17.4 Å². The number of aromatic nitrogens is 4. The maximum atomic E-state index is 14.3. The molecular formula is C23H28FN7O2. The number of carbonyl (C=O) groups excluding carboxylic acids is 1. The molecule has 2 aliphatic heterocycles. The Hall–Kier alpha value is -3.11. The van der Waals surface area contributed by atoms with Crippen molar-refractivity contribution in [1.82, 2.24) is 30.0 Å². The van der Waals surface area contributed by atoms with Gasteiger partial charge in [0.05, 0.1) is 18.8 Å². The molecule has 0 atom stereocenters. The Morgan fingerprint density at radius 1 is 1.06 bits per heavy atom. The zero-order valence-electron chi connectivity index (χ0n) is 18.5. The number of hydrogen-bond donors (Lipinski definition) is 1. The van der Waals surface area contributed by atoms with Gasteiger partial charge in [-0.1, -0.05) is 12.1 Å². The SMILES string of the molecule is O=C(NCCN1CCOCC1)C1CCN(c2ccc3nnc(-c4ccccc4F)n3n2)CC1. The highest BCUT2D eigenvalue weighted by Crippen LogP contribution is 2.25. The van der Waals surface area contributed by atoms with Gasteiger partial charge in [0, 0.05) is 45.2 Å². The lowest BCUT2D eigenvalue weighted by molar-refractivity contribution is -0.125. The van der Waals surface area contributed by atoms with E-state index in [-0.39, 0.29) is 17.6 Å². The average Bonchev–Trinajstić information content (AvgIpc) is 3.28. The molecule has 1 aromatic carbocycles. The summed E-state index contributed by atoms with van der Waals surface area (Å²) in [6.45, 7) is 6.39. The Bertz CT molecular complexity index is 1110. The smallest absolute Gasteiger partial charge is 0.223 e. The molecule has 2 aromatic heterocycles. The van der Waals surface area contributed by atoms with Crippen LogP contribution < -0.4 is 10.2 Å². The monoisotopic (exact) mass is 453 g/mol. The fraction of sp³-hybridized carbons (Fsp3) is 0.478. The number of hydrogen-bond acceptors (Lipinski definition) is 7. The molecule has 2 aliphatic rings. The Kier molecular flexibility index (Phi) is 6.45. The first-order chi connectivity index (χ1) is 16.2. The number of carbonyl (C=O) groups is 1. The molecule has 10 heteroatoms. The molecule has 5 rings (SSSR count). The van der Waals surface area contributed by atoms with E-state index in [1.54, 1.807) is 22.7 Å². The van der Waals surface area contributed by atoms with Crippen LogP contribution in [0.15, 0.2) is 36.4 Å². The Balaban J connectivity index is 1.19. The maximum absolute atomic E-state index is 14.3. The molecule has 1 amide bonds. The second-order valence-corrected chi connectivity index (χ2v) is 8.47. The van der Waals surface area contributed by atoms with Crippen molar-refractivity contribution in [3.8, 4) is 11.4 Å². The van der Waals surface area contributed by atoms with Crippen LogP contribution in [0.3, 0.4) is 0 Å². The van der Waals surface area contributed by atoms with Gasteiger partial charge in [-0.15, -0.1) is 15.3 Å². The molecular weight excluding hydrogens is 425 g/mol. The van der Waals surface area contributed by atoms with Gasteiger partial charge in [-0.3, -0.25) is 9.69 Å². The molecule has 0 aliphatic carbocycles. The van der Waals surface area contributed by atoms with Gasteiger partial charge in [0.25, 0.3) is 0 Å². The summed E-state index contributed by atoms with van der Waals surface area (Å²) in [5.41, 5.74) is 0.925. The van der Waals surface area contributed by atoms with Gasteiger partial charge in [-0.2, -0.15) is 4.52 Å². The Labute approximate surface area is 191 Å². The average molecular weight is 454 g/mol. The minimum Gasteiger partial charge on any atom is -0.379 e. The number of benzene rings is 1. The van der Waals surface area contributed by atoms with E-state index in [0.29, 0.717) is 23.6 Å². The quantitative estimate of drug-likeness (QED) is 0.607. The highest BCUT2D eigenvalue weighted by atomic mass is 19.1. The van der Waals surface area contributed by atoms with Crippen LogP contribution in [0.1, 0.15) is 12.8 Å². The van der Waals surface area contributed by atoms with E-state index >= 15 is 0 Å². The predicted octanol–water partition coefficient (Wildman–Crippen LogP) is 1.60. The summed E-state index contributed by atoms with van der Waals surface area (Å²) in [5, 5.41) is 16.0. The summed E-state index contributed by atoms with van der Waals surface area (Å²) in [6, 6.07) is 10.2. The molecule has 2 fully saturated rings. The number of anilines is 1. The Morgan fingerprint density at radius 2 is 1.85 bits per heavy atom. The summed E-state index contributed by atoms with van der Waals surface area (Å²) in [5.74, 6) is 0.926. The highest BCUT2D eigenvalue weighted by Gasteiger charge is 2.26. The zero-order valence-corrected chi connectivity index (χ0v) is 18.5. The van der Waals surface area contributed by atoms with E-state index in [1.807, 2.05) is 12.1 Å². The van der Waals surface area contributed by atoms with Gasteiger partial charge in [0.1, 0.15) is 11.6 Å². The van der Waals surface area contributed by atoms with Crippen LogP contribution in [-0.2, 0) is 9.53 Å². The number of fused-ring (bicyclic) bond motifs is 1. The molecule has 2 saturated heterocycles.